The molecule has 0 fully saturated rings. The lowest BCUT2D eigenvalue weighted by Gasteiger charge is -2.01. The highest BCUT2D eigenvalue weighted by Gasteiger charge is 2.07. The van der Waals surface area contributed by atoms with Crippen LogP contribution in [0, 0.1) is 0 Å². The van der Waals surface area contributed by atoms with E-state index in [4.69, 9.17) is 5.73 Å². The molecule has 0 atom stereocenters. The van der Waals surface area contributed by atoms with Gasteiger partial charge in [0.1, 0.15) is 5.75 Å². The highest BCUT2D eigenvalue weighted by atomic mass is 19.3. The second kappa shape index (κ2) is 3.84. The van der Waals surface area contributed by atoms with Crippen molar-refractivity contribution in [3.8, 4) is 5.75 Å². The van der Waals surface area contributed by atoms with Crippen molar-refractivity contribution in [3.63, 3.8) is 0 Å². The van der Waals surface area contributed by atoms with Crippen LogP contribution in [0.15, 0.2) is 36.4 Å². The summed E-state index contributed by atoms with van der Waals surface area (Å²) < 4.78 is 39.5. The Balaban J connectivity index is 2.81. The molecule has 1 aromatic rings. The first-order chi connectivity index (χ1) is 6.09. The van der Waals surface area contributed by atoms with Gasteiger partial charge in [0, 0.05) is 11.8 Å². The van der Waals surface area contributed by atoms with Crippen LogP contribution in [0.3, 0.4) is 0 Å². The number of halogens is 3. The van der Waals surface area contributed by atoms with Crippen molar-refractivity contribution in [2.75, 3.05) is 5.73 Å². The Bertz CT molecular complexity index is 334. The molecule has 2 nitrogen and oxygen atoms in total. The molecule has 0 aliphatic carbocycles. The molecular weight excluding hydrogens is 183 g/mol. The van der Waals surface area contributed by atoms with Gasteiger partial charge in [0.2, 0.25) is 0 Å². The minimum Gasteiger partial charge on any atom is -0.428 e. The van der Waals surface area contributed by atoms with Gasteiger partial charge in [-0.05, 0) is 12.1 Å². The zero-order chi connectivity index (χ0) is 9.84. The lowest BCUT2D eigenvalue weighted by Crippen LogP contribution is -1.92. The average molecular weight is 189 g/mol. The SMILES string of the molecule is Nc1cccc(OC(F)=C(F)F)c1. The number of anilines is 1. The lowest BCUT2D eigenvalue weighted by molar-refractivity contribution is 0.241. The van der Waals surface area contributed by atoms with E-state index in [1.54, 1.807) is 0 Å². The maximum atomic E-state index is 12.2. The van der Waals surface area contributed by atoms with Crippen LogP contribution in [0.1, 0.15) is 0 Å². The third-order valence-corrected chi connectivity index (χ3v) is 1.21. The predicted octanol–water partition coefficient (Wildman–Crippen LogP) is 2.68. The quantitative estimate of drug-likeness (QED) is 0.573. The Morgan fingerprint density at radius 1 is 1.23 bits per heavy atom. The van der Waals surface area contributed by atoms with E-state index >= 15 is 0 Å². The number of hydrogen-bond acceptors (Lipinski definition) is 2. The van der Waals surface area contributed by atoms with Crippen LogP contribution in [0.4, 0.5) is 18.9 Å². The molecule has 0 aliphatic heterocycles. The molecule has 70 valence electrons. The molecule has 0 saturated heterocycles. The molecule has 5 heteroatoms. The Morgan fingerprint density at radius 3 is 2.46 bits per heavy atom. The summed E-state index contributed by atoms with van der Waals surface area (Å²) in [4.78, 5) is 0. The summed E-state index contributed by atoms with van der Waals surface area (Å²) in [5.74, 6) is -0.0645. The molecule has 0 aliphatic rings. The van der Waals surface area contributed by atoms with Crippen LogP contribution in [-0.2, 0) is 0 Å². The summed E-state index contributed by atoms with van der Waals surface area (Å²) >= 11 is 0. The van der Waals surface area contributed by atoms with E-state index < -0.39 is 12.1 Å². The normalized spacial score (nSPS) is 9.46. The van der Waals surface area contributed by atoms with Crippen LogP contribution in [0.25, 0.3) is 0 Å². The maximum Gasteiger partial charge on any atom is 0.344 e. The molecule has 0 unspecified atom stereocenters. The van der Waals surface area contributed by atoms with Crippen molar-refractivity contribution >= 4 is 5.69 Å². The molecule has 0 spiro atoms. The van der Waals surface area contributed by atoms with Gasteiger partial charge in [0.15, 0.2) is 0 Å². The topological polar surface area (TPSA) is 35.2 Å². The number of hydrogen-bond donors (Lipinski definition) is 1. The van der Waals surface area contributed by atoms with Gasteiger partial charge in [-0.15, -0.1) is 0 Å². The van der Waals surface area contributed by atoms with E-state index in [-0.39, 0.29) is 5.75 Å². The summed E-state index contributed by atoms with van der Waals surface area (Å²) in [5, 5.41) is 0. The van der Waals surface area contributed by atoms with E-state index in [1.807, 2.05) is 0 Å². The monoisotopic (exact) mass is 189 g/mol. The van der Waals surface area contributed by atoms with E-state index in [1.165, 1.54) is 24.3 Å². The molecule has 0 aromatic heterocycles. The fraction of sp³-hybridized carbons (Fsp3) is 0. The van der Waals surface area contributed by atoms with Gasteiger partial charge in [0.25, 0.3) is 0 Å². The fourth-order valence-electron chi connectivity index (χ4n) is 0.720. The standard InChI is InChI=1S/C8H6F3NO/c9-7(10)8(11)13-6-3-1-2-5(12)4-6/h1-4H,12H2. The van der Waals surface area contributed by atoms with Crippen LogP contribution in [-0.4, -0.2) is 0 Å². The summed E-state index contributed by atoms with van der Waals surface area (Å²) in [6, 6.07) is 3.64. The van der Waals surface area contributed by atoms with Crippen LogP contribution in [0.2, 0.25) is 0 Å². The third-order valence-electron chi connectivity index (χ3n) is 1.21. The molecule has 13 heavy (non-hydrogen) atoms. The Labute approximate surface area is 72.4 Å². The van der Waals surface area contributed by atoms with Gasteiger partial charge < -0.3 is 10.5 Å². The Morgan fingerprint density at radius 2 is 1.92 bits per heavy atom. The van der Waals surface area contributed by atoms with E-state index in [2.05, 4.69) is 4.74 Å². The average Bonchev–Trinajstić information content (AvgIpc) is 2.04. The van der Waals surface area contributed by atoms with Crippen molar-refractivity contribution in [2.24, 2.45) is 0 Å². The number of rotatable bonds is 2. The number of nitrogen functional groups attached to an aromatic ring is 1. The molecule has 0 amide bonds. The second-order valence-electron chi connectivity index (χ2n) is 2.21. The van der Waals surface area contributed by atoms with Crippen LogP contribution >= 0.6 is 0 Å². The number of nitrogens with two attached hydrogens (primary N) is 1. The van der Waals surface area contributed by atoms with Gasteiger partial charge in [-0.3, -0.25) is 0 Å². The van der Waals surface area contributed by atoms with Crippen molar-refractivity contribution in [1.29, 1.82) is 0 Å². The second-order valence-corrected chi connectivity index (χ2v) is 2.21. The highest BCUT2D eigenvalue weighted by molar-refractivity contribution is 5.43. The van der Waals surface area contributed by atoms with Crippen molar-refractivity contribution in [1.82, 2.24) is 0 Å². The third kappa shape index (κ3) is 2.70. The molecule has 0 bridgehead atoms. The minimum absolute atomic E-state index is 0.0645. The van der Waals surface area contributed by atoms with Gasteiger partial charge in [-0.1, -0.05) is 6.07 Å². The van der Waals surface area contributed by atoms with Crippen molar-refractivity contribution in [3.05, 3.63) is 36.4 Å². The molecule has 0 heterocycles. The van der Waals surface area contributed by atoms with Crippen molar-refractivity contribution in [2.45, 2.75) is 0 Å². The maximum absolute atomic E-state index is 12.2. The first-order valence-corrected chi connectivity index (χ1v) is 3.34. The zero-order valence-electron chi connectivity index (χ0n) is 6.43. The van der Waals surface area contributed by atoms with Gasteiger partial charge in [-0.25, -0.2) is 0 Å². The molecule has 1 rings (SSSR count). The molecular formula is C8H6F3NO. The first-order valence-electron chi connectivity index (χ1n) is 3.34. The Kier molecular flexibility index (Phi) is 2.79. The van der Waals surface area contributed by atoms with E-state index in [0.717, 1.165) is 0 Å². The number of benzene rings is 1. The summed E-state index contributed by atoms with van der Waals surface area (Å²) in [7, 11) is 0. The largest absolute Gasteiger partial charge is 0.428 e. The molecule has 0 saturated carbocycles. The Hall–Kier alpha value is -1.65. The van der Waals surface area contributed by atoms with Crippen molar-refractivity contribution < 1.29 is 17.9 Å². The highest BCUT2D eigenvalue weighted by Crippen LogP contribution is 2.20. The van der Waals surface area contributed by atoms with Gasteiger partial charge in [0.05, 0.1) is 0 Å². The lowest BCUT2D eigenvalue weighted by atomic mass is 10.3. The van der Waals surface area contributed by atoms with Crippen LogP contribution < -0.4 is 10.5 Å². The summed E-state index contributed by atoms with van der Waals surface area (Å²) in [6.45, 7) is 0. The van der Waals surface area contributed by atoms with Gasteiger partial charge in [-0.2, -0.15) is 13.2 Å². The smallest absolute Gasteiger partial charge is 0.344 e. The first kappa shape index (κ1) is 9.44. The molecule has 1 aromatic carbocycles. The summed E-state index contributed by atoms with van der Waals surface area (Å²) in [6.07, 6.45) is -2.50. The van der Waals surface area contributed by atoms with Gasteiger partial charge >= 0.3 is 12.1 Å². The van der Waals surface area contributed by atoms with E-state index in [0.29, 0.717) is 5.69 Å². The minimum atomic E-state index is -2.50. The molecule has 0 radical (unpaired) electrons. The molecule has 2 N–H and O–H groups in total. The predicted molar refractivity (Wildman–Crippen MR) is 41.8 cm³/mol. The zero-order valence-corrected chi connectivity index (χ0v) is 6.43. The number of ether oxygens (including phenoxy) is 1. The van der Waals surface area contributed by atoms with E-state index in [9.17, 15) is 13.2 Å². The summed E-state index contributed by atoms with van der Waals surface area (Å²) in [5.41, 5.74) is 5.61. The van der Waals surface area contributed by atoms with Crippen LogP contribution in [0.5, 0.6) is 5.75 Å². The fourth-order valence-corrected chi connectivity index (χ4v) is 0.720.